The summed E-state index contributed by atoms with van der Waals surface area (Å²) in [6.07, 6.45) is 2.91. The molecule has 1 heterocycles. The van der Waals surface area contributed by atoms with E-state index in [1.807, 2.05) is 38.1 Å². The third-order valence-electron chi connectivity index (χ3n) is 5.09. The van der Waals surface area contributed by atoms with Gasteiger partial charge in [-0.05, 0) is 49.4 Å². The van der Waals surface area contributed by atoms with Crippen molar-refractivity contribution in [2.45, 2.75) is 58.9 Å². The van der Waals surface area contributed by atoms with Crippen LogP contribution in [0.25, 0.3) is 0 Å². The minimum Gasteiger partial charge on any atom is -0.493 e. The highest BCUT2D eigenvalue weighted by atomic mass is 32.2. The SMILES string of the molecule is CC.CC(C)C(C)CN1CC(COc2ccc(S(C)=O)cc2)CC1C. The van der Waals surface area contributed by atoms with Crippen LogP contribution < -0.4 is 4.74 Å². The maximum absolute atomic E-state index is 11.4. The van der Waals surface area contributed by atoms with Crippen LogP contribution >= 0.6 is 0 Å². The van der Waals surface area contributed by atoms with E-state index >= 15 is 0 Å². The summed E-state index contributed by atoms with van der Waals surface area (Å²) in [6, 6.07) is 8.27. The molecule has 0 saturated carbocycles. The van der Waals surface area contributed by atoms with Crippen molar-refractivity contribution >= 4 is 10.8 Å². The summed E-state index contributed by atoms with van der Waals surface area (Å²) in [4.78, 5) is 3.46. The fraction of sp³-hybridized carbons (Fsp3) is 0.714. The van der Waals surface area contributed by atoms with Gasteiger partial charge in [0.05, 0.1) is 6.61 Å². The molecule has 4 atom stereocenters. The first-order chi connectivity index (χ1) is 11.9. The van der Waals surface area contributed by atoms with E-state index in [0.29, 0.717) is 12.0 Å². The molecule has 1 aromatic rings. The number of hydrogen-bond donors (Lipinski definition) is 0. The summed E-state index contributed by atoms with van der Waals surface area (Å²) in [5.41, 5.74) is 0. The normalized spacial score (nSPS) is 23.0. The van der Waals surface area contributed by atoms with Gasteiger partial charge in [-0.25, -0.2) is 0 Å². The van der Waals surface area contributed by atoms with E-state index in [1.54, 1.807) is 6.26 Å². The Morgan fingerprint density at radius 1 is 1.20 bits per heavy atom. The molecule has 4 heteroatoms. The minimum atomic E-state index is -0.925. The molecule has 144 valence electrons. The zero-order chi connectivity index (χ0) is 19.0. The van der Waals surface area contributed by atoms with Gasteiger partial charge in [0.1, 0.15) is 5.75 Å². The van der Waals surface area contributed by atoms with Gasteiger partial charge in [-0.2, -0.15) is 0 Å². The summed E-state index contributed by atoms with van der Waals surface area (Å²) in [5, 5.41) is 0. The first-order valence-corrected chi connectivity index (χ1v) is 11.2. The maximum atomic E-state index is 11.4. The van der Waals surface area contributed by atoms with Crippen molar-refractivity contribution in [2.24, 2.45) is 17.8 Å². The summed E-state index contributed by atoms with van der Waals surface area (Å²) in [6.45, 7) is 16.4. The highest BCUT2D eigenvalue weighted by Gasteiger charge is 2.30. The predicted octanol–water partition coefficient (Wildman–Crippen LogP) is 4.83. The molecule has 4 unspecified atom stereocenters. The number of benzene rings is 1. The van der Waals surface area contributed by atoms with Crippen molar-refractivity contribution in [3.63, 3.8) is 0 Å². The van der Waals surface area contributed by atoms with Crippen LogP contribution in [0.1, 0.15) is 48.0 Å². The molecule has 0 aromatic heterocycles. The lowest BCUT2D eigenvalue weighted by atomic mass is 9.97. The third-order valence-corrected chi connectivity index (χ3v) is 6.03. The standard InChI is InChI=1S/C19H31NO2S.C2H6/c1-14(2)15(3)11-20-12-17(10-16(20)4)13-22-18-6-8-19(9-7-18)23(5)21;1-2/h6-9,14-17H,10-13H2,1-5H3;1-2H3. The topological polar surface area (TPSA) is 29.5 Å². The number of ether oxygens (including phenoxy) is 1. The Labute approximate surface area is 157 Å². The van der Waals surface area contributed by atoms with E-state index in [4.69, 9.17) is 4.74 Å². The first kappa shape index (κ1) is 22.2. The minimum absolute atomic E-state index is 0.601. The van der Waals surface area contributed by atoms with Gasteiger partial charge in [0.2, 0.25) is 0 Å². The van der Waals surface area contributed by atoms with E-state index < -0.39 is 10.8 Å². The van der Waals surface area contributed by atoms with Crippen LogP contribution in [0.3, 0.4) is 0 Å². The summed E-state index contributed by atoms with van der Waals surface area (Å²) >= 11 is 0. The Kier molecular flexibility index (Phi) is 9.73. The molecular weight excluding hydrogens is 330 g/mol. The van der Waals surface area contributed by atoms with E-state index in [2.05, 4.69) is 32.6 Å². The van der Waals surface area contributed by atoms with Crippen LogP contribution in [0, 0.1) is 17.8 Å². The van der Waals surface area contributed by atoms with Crippen molar-refractivity contribution in [2.75, 3.05) is 26.0 Å². The van der Waals surface area contributed by atoms with Crippen LogP contribution in [-0.2, 0) is 10.8 Å². The molecule has 0 radical (unpaired) electrons. The lowest BCUT2D eigenvalue weighted by Crippen LogP contribution is -2.33. The largest absolute Gasteiger partial charge is 0.493 e. The van der Waals surface area contributed by atoms with Crippen LogP contribution in [0.15, 0.2) is 29.2 Å². The Bertz CT molecular complexity index is 515. The molecule has 1 aliphatic rings. The summed E-state index contributed by atoms with van der Waals surface area (Å²) < 4.78 is 17.3. The summed E-state index contributed by atoms with van der Waals surface area (Å²) in [7, 11) is -0.925. The van der Waals surface area contributed by atoms with Crippen molar-refractivity contribution in [3.05, 3.63) is 24.3 Å². The molecule has 1 aromatic carbocycles. The molecule has 1 saturated heterocycles. The van der Waals surface area contributed by atoms with Crippen LogP contribution in [-0.4, -0.2) is 41.1 Å². The fourth-order valence-electron chi connectivity index (χ4n) is 3.12. The zero-order valence-corrected chi connectivity index (χ0v) is 17.9. The highest BCUT2D eigenvalue weighted by molar-refractivity contribution is 7.84. The van der Waals surface area contributed by atoms with Gasteiger partial charge in [0, 0.05) is 47.0 Å². The number of likely N-dealkylation sites (tertiary alicyclic amines) is 1. The molecule has 1 fully saturated rings. The van der Waals surface area contributed by atoms with E-state index in [1.165, 1.54) is 13.0 Å². The van der Waals surface area contributed by atoms with Gasteiger partial charge in [-0.1, -0.05) is 34.6 Å². The van der Waals surface area contributed by atoms with Crippen LogP contribution in [0.2, 0.25) is 0 Å². The average Bonchev–Trinajstić information content (AvgIpc) is 2.94. The Hall–Kier alpha value is -0.870. The fourth-order valence-corrected chi connectivity index (χ4v) is 3.63. The molecule has 0 N–H and O–H groups in total. The zero-order valence-electron chi connectivity index (χ0n) is 17.1. The first-order valence-electron chi connectivity index (χ1n) is 9.67. The van der Waals surface area contributed by atoms with Gasteiger partial charge in [0.15, 0.2) is 0 Å². The molecule has 0 spiro atoms. The second-order valence-electron chi connectivity index (χ2n) is 7.36. The second kappa shape index (κ2) is 11.0. The molecule has 3 nitrogen and oxygen atoms in total. The molecular formula is C21H37NO2S. The van der Waals surface area contributed by atoms with Gasteiger partial charge in [0.25, 0.3) is 0 Å². The molecule has 2 rings (SSSR count). The number of nitrogens with zero attached hydrogens (tertiary/aromatic N) is 1. The molecule has 0 amide bonds. The third kappa shape index (κ3) is 7.10. The lowest BCUT2D eigenvalue weighted by molar-refractivity contribution is 0.194. The van der Waals surface area contributed by atoms with Crippen molar-refractivity contribution < 1.29 is 8.95 Å². The Morgan fingerprint density at radius 2 is 1.80 bits per heavy atom. The van der Waals surface area contributed by atoms with Gasteiger partial charge < -0.3 is 4.74 Å². The smallest absolute Gasteiger partial charge is 0.119 e. The van der Waals surface area contributed by atoms with E-state index in [0.717, 1.165) is 35.6 Å². The average molecular weight is 368 g/mol. The molecule has 0 bridgehead atoms. The van der Waals surface area contributed by atoms with Crippen molar-refractivity contribution in [1.29, 1.82) is 0 Å². The van der Waals surface area contributed by atoms with Crippen LogP contribution in [0.4, 0.5) is 0 Å². The van der Waals surface area contributed by atoms with E-state index in [9.17, 15) is 4.21 Å². The predicted molar refractivity (Wildman–Crippen MR) is 109 cm³/mol. The Balaban J connectivity index is 0.00000151. The quantitative estimate of drug-likeness (QED) is 0.691. The number of rotatable bonds is 7. The van der Waals surface area contributed by atoms with Gasteiger partial charge >= 0.3 is 0 Å². The second-order valence-corrected chi connectivity index (χ2v) is 8.74. The van der Waals surface area contributed by atoms with Gasteiger partial charge in [-0.15, -0.1) is 0 Å². The van der Waals surface area contributed by atoms with Gasteiger partial charge in [-0.3, -0.25) is 9.11 Å². The Morgan fingerprint density at radius 3 is 2.32 bits per heavy atom. The number of hydrogen-bond acceptors (Lipinski definition) is 3. The molecule has 25 heavy (non-hydrogen) atoms. The maximum Gasteiger partial charge on any atom is 0.119 e. The highest BCUT2D eigenvalue weighted by Crippen LogP contribution is 2.26. The summed E-state index contributed by atoms with van der Waals surface area (Å²) in [5.74, 6) is 2.95. The molecule has 0 aliphatic carbocycles. The monoisotopic (exact) mass is 367 g/mol. The lowest BCUT2D eigenvalue weighted by Gasteiger charge is -2.26. The van der Waals surface area contributed by atoms with Crippen molar-refractivity contribution in [3.8, 4) is 5.75 Å². The van der Waals surface area contributed by atoms with E-state index in [-0.39, 0.29) is 0 Å². The molecule has 1 aliphatic heterocycles. The van der Waals surface area contributed by atoms with Crippen molar-refractivity contribution in [1.82, 2.24) is 4.90 Å². The van der Waals surface area contributed by atoms with Crippen LogP contribution in [0.5, 0.6) is 5.75 Å².